The average Bonchev–Trinajstić information content (AvgIpc) is 2.54. The van der Waals surface area contributed by atoms with Crippen LogP contribution in [0.15, 0.2) is 24.3 Å². The zero-order valence-corrected chi connectivity index (χ0v) is 18.5. The molecule has 0 saturated heterocycles. The van der Waals surface area contributed by atoms with Crippen molar-refractivity contribution in [3.8, 4) is 5.75 Å². The van der Waals surface area contributed by atoms with Crippen LogP contribution in [0.3, 0.4) is 0 Å². The number of hydrogen-bond donors (Lipinski definition) is 0. The van der Waals surface area contributed by atoms with E-state index < -0.39 is 17.0 Å². The van der Waals surface area contributed by atoms with Crippen molar-refractivity contribution in [2.75, 3.05) is 53.9 Å². The predicted molar refractivity (Wildman–Crippen MR) is 106 cm³/mol. The van der Waals surface area contributed by atoms with Gasteiger partial charge in [0.05, 0.1) is 47.2 Å². The van der Waals surface area contributed by atoms with E-state index in [4.69, 9.17) is 9.26 Å². The standard InChI is InChI=1S/C14H25NO3PS.CH4O4S/c1-6-18-19(5,16)20-12-11-15(2,3)13-7-9-14(17-4)10-8-13;1-5-6(2,3)4/h7-10H,6,11-12H2,1-5H3;1H3,(H,2,3,4)/q+1;/p-1. The van der Waals surface area contributed by atoms with E-state index in [-0.39, 0.29) is 0 Å². The molecule has 0 fully saturated rings. The van der Waals surface area contributed by atoms with E-state index in [1.807, 2.05) is 19.1 Å². The maximum absolute atomic E-state index is 12.0. The van der Waals surface area contributed by atoms with Crippen molar-refractivity contribution in [2.45, 2.75) is 6.92 Å². The first-order valence-electron chi connectivity index (χ1n) is 7.72. The molecule has 26 heavy (non-hydrogen) atoms. The molecule has 1 unspecified atom stereocenters. The Balaban J connectivity index is 0.000000896. The molecule has 1 atom stereocenters. The van der Waals surface area contributed by atoms with Crippen LogP contribution in [0.4, 0.5) is 5.69 Å². The van der Waals surface area contributed by atoms with Crippen molar-refractivity contribution in [2.24, 2.45) is 0 Å². The van der Waals surface area contributed by atoms with Crippen LogP contribution in [0.25, 0.3) is 0 Å². The molecule has 0 aliphatic rings. The summed E-state index contributed by atoms with van der Waals surface area (Å²) in [5, 5.41) is 0. The molecule has 0 N–H and O–H groups in total. The van der Waals surface area contributed by atoms with E-state index in [9.17, 15) is 17.5 Å². The molecule has 0 saturated carbocycles. The highest BCUT2D eigenvalue weighted by molar-refractivity contribution is 8.56. The Hall–Kier alpha value is -0.610. The fraction of sp³-hybridized carbons (Fsp3) is 0.600. The highest BCUT2D eigenvalue weighted by Gasteiger charge is 2.22. The second kappa shape index (κ2) is 11.3. The topological polar surface area (TPSA) is 102 Å². The molecular weight excluding hydrogens is 401 g/mol. The third-order valence-corrected chi connectivity index (χ3v) is 7.56. The molecule has 8 nitrogen and oxygen atoms in total. The Morgan fingerprint density at radius 2 is 1.69 bits per heavy atom. The lowest BCUT2D eigenvalue weighted by Crippen LogP contribution is -2.42. The average molecular weight is 429 g/mol. The van der Waals surface area contributed by atoms with Crippen LogP contribution in [-0.2, 0) is 23.7 Å². The fourth-order valence-electron chi connectivity index (χ4n) is 1.82. The smallest absolute Gasteiger partial charge is 0.254 e. The maximum Gasteiger partial charge on any atom is 0.254 e. The monoisotopic (exact) mass is 429 g/mol. The molecule has 0 bridgehead atoms. The number of nitrogens with zero attached hydrogens (tertiary/aromatic N) is 1. The molecular formula is C15H28NO7PS2. The van der Waals surface area contributed by atoms with Gasteiger partial charge in [0.15, 0.2) is 0 Å². The number of hydrogen-bond acceptors (Lipinski definition) is 8. The summed E-state index contributed by atoms with van der Waals surface area (Å²) in [7, 11) is 2.35. The van der Waals surface area contributed by atoms with Crippen molar-refractivity contribution in [1.29, 1.82) is 0 Å². The summed E-state index contributed by atoms with van der Waals surface area (Å²) >= 11 is 1.43. The molecule has 0 aliphatic heterocycles. The molecule has 1 rings (SSSR count). The van der Waals surface area contributed by atoms with Gasteiger partial charge in [0.2, 0.25) is 10.4 Å². The first-order valence-corrected chi connectivity index (χ1v) is 12.7. The van der Waals surface area contributed by atoms with Crippen LogP contribution in [0.5, 0.6) is 5.75 Å². The van der Waals surface area contributed by atoms with E-state index in [0.717, 1.165) is 29.6 Å². The van der Waals surface area contributed by atoms with Gasteiger partial charge in [-0.3, -0.25) is 13.2 Å². The second-order valence-corrected chi connectivity index (χ2v) is 12.1. The zero-order chi connectivity index (χ0) is 20.4. The van der Waals surface area contributed by atoms with Crippen molar-refractivity contribution >= 4 is 34.0 Å². The molecule has 1 aromatic rings. The first kappa shape index (κ1) is 25.4. The van der Waals surface area contributed by atoms with Crippen molar-refractivity contribution in [3.63, 3.8) is 0 Å². The van der Waals surface area contributed by atoms with Gasteiger partial charge in [-0.05, 0) is 19.1 Å². The summed E-state index contributed by atoms with van der Waals surface area (Å²) in [6.07, 6.45) is 0. The van der Waals surface area contributed by atoms with E-state index >= 15 is 0 Å². The Morgan fingerprint density at radius 1 is 1.19 bits per heavy atom. The summed E-state index contributed by atoms with van der Waals surface area (Å²) in [6, 6.07) is 8.07. The Bertz CT molecular complexity index is 678. The highest BCUT2D eigenvalue weighted by atomic mass is 32.7. The third kappa shape index (κ3) is 11.2. The third-order valence-electron chi connectivity index (χ3n) is 3.32. The van der Waals surface area contributed by atoms with Crippen LogP contribution >= 0.6 is 18.0 Å². The number of rotatable bonds is 9. The number of methoxy groups -OCH3 is 1. The first-order chi connectivity index (χ1) is 11.9. The zero-order valence-electron chi connectivity index (χ0n) is 16.0. The van der Waals surface area contributed by atoms with E-state index in [2.05, 4.69) is 30.4 Å². The molecule has 0 amide bonds. The van der Waals surface area contributed by atoms with Crippen LogP contribution in [0, 0.1) is 0 Å². The molecule has 0 aliphatic carbocycles. The summed E-state index contributed by atoms with van der Waals surface area (Å²) in [6.45, 7) is 2.45. The van der Waals surface area contributed by atoms with Gasteiger partial charge in [-0.2, -0.15) is 0 Å². The summed E-state index contributed by atoms with van der Waals surface area (Å²) in [5.74, 6) is 1.66. The van der Waals surface area contributed by atoms with Gasteiger partial charge in [0.1, 0.15) is 11.4 Å². The molecule has 0 heterocycles. The lowest BCUT2D eigenvalue weighted by Gasteiger charge is -2.29. The molecule has 11 heteroatoms. The van der Waals surface area contributed by atoms with Crippen LogP contribution in [0.1, 0.15) is 6.92 Å². The summed E-state index contributed by atoms with van der Waals surface area (Å²) < 4.78 is 54.2. The van der Waals surface area contributed by atoms with Crippen LogP contribution in [0.2, 0.25) is 0 Å². The quantitative estimate of drug-likeness (QED) is 0.256. The summed E-state index contributed by atoms with van der Waals surface area (Å²) in [4.78, 5) is 0. The molecule has 152 valence electrons. The van der Waals surface area contributed by atoms with Gasteiger partial charge in [-0.25, -0.2) is 8.42 Å². The van der Waals surface area contributed by atoms with E-state index in [1.54, 1.807) is 13.8 Å². The van der Waals surface area contributed by atoms with Gasteiger partial charge in [-0.1, -0.05) is 11.4 Å². The van der Waals surface area contributed by atoms with Crippen molar-refractivity contribution in [1.82, 2.24) is 4.48 Å². The van der Waals surface area contributed by atoms with Crippen LogP contribution < -0.4 is 9.22 Å². The molecule has 0 aromatic heterocycles. The highest BCUT2D eigenvalue weighted by Crippen LogP contribution is 2.55. The number of ether oxygens (including phenoxy) is 1. The van der Waals surface area contributed by atoms with Gasteiger partial charge < -0.3 is 13.8 Å². The predicted octanol–water partition coefficient (Wildman–Crippen LogP) is 2.95. The Kier molecular flexibility index (Phi) is 11.0. The summed E-state index contributed by atoms with van der Waals surface area (Å²) in [5.41, 5.74) is 1.20. The van der Waals surface area contributed by atoms with Gasteiger partial charge in [-0.15, -0.1) is 0 Å². The van der Waals surface area contributed by atoms with Gasteiger partial charge in [0.25, 0.3) is 6.57 Å². The Labute approximate surface area is 160 Å². The second-order valence-electron chi connectivity index (χ2n) is 5.70. The lowest BCUT2D eigenvalue weighted by atomic mass is 10.2. The number of quaternary nitrogens is 1. The van der Waals surface area contributed by atoms with Gasteiger partial charge >= 0.3 is 0 Å². The molecule has 0 spiro atoms. The van der Waals surface area contributed by atoms with Crippen molar-refractivity contribution in [3.05, 3.63) is 24.3 Å². The maximum atomic E-state index is 12.0. The van der Waals surface area contributed by atoms with Crippen LogP contribution in [-0.4, -0.2) is 66.9 Å². The minimum absolute atomic E-state index is 0.498. The largest absolute Gasteiger partial charge is 0.726 e. The fourth-order valence-corrected chi connectivity index (χ4v) is 5.01. The molecule has 1 aromatic carbocycles. The number of benzene rings is 1. The van der Waals surface area contributed by atoms with E-state index in [0.29, 0.717) is 6.61 Å². The SMILES string of the molecule is CCOP(C)(=O)SCC[N+](C)(C)c1ccc(OC)cc1.COS(=O)(=O)[O-]. The lowest BCUT2D eigenvalue weighted by molar-refractivity contribution is 0.314. The minimum Gasteiger partial charge on any atom is -0.726 e. The van der Waals surface area contributed by atoms with Crippen molar-refractivity contribution < 1.29 is 31.0 Å². The van der Waals surface area contributed by atoms with E-state index in [1.165, 1.54) is 17.1 Å². The normalized spacial score (nSPS) is 14.1. The molecule has 0 radical (unpaired) electrons. The Morgan fingerprint density at radius 3 is 2.08 bits per heavy atom. The van der Waals surface area contributed by atoms with Gasteiger partial charge in [0, 0.05) is 18.8 Å². The minimum atomic E-state index is -4.41.